The normalized spacial score (nSPS) is 19.6. The van der Waals surface area contributed by atoms with Gasteiger partial charge in [0.2, 0.25) is 0 Å². The monoisotopic (exact) mass is 310 g/mol. The predicted molar refractivity (Wildman–Crippen MR) is 92.3 cm³/mol. The molecule has 0 aromatic heterocycles. The molecule has 0 radical (unpaired) electrons. The van der Waals surface area contributed by atoms with Gasteiger partial charge in [-0.15, -0.1) is 0 Å². The molecule has 1 atom stereocenters. The average Bonchev–Trinajstić information content (AvgIpc) is 2.90. The van der Waals surface area contributed by atoms with Crippen LogP contribution in [0.3, 0.4) is 0 Å². The molecule has 1 aliphatic heterocycles. The Morgan fingerprint density at radius 1 is 1.13 bits per heavy atom. The van der Waals surface area contributed by atoms with Gasteiger partial charge in [0.1, 0.15) is 0 Å². The van der Waals surface area contributed by atoms with Crippen molar-refractivity contribution >= 4 is 22.7 Å². The van der Waals surface area contributed by atoms with Crippen molar-refractivity contribution in [3.8, 4) is 0 Å². The van der Waals surface area contributed by atoms with Crippen LogP contribution in [0.2, 0.25) is 0 Å². The number of amidine groups is 1. The lowest BCUT2D eigenvalue weighted by Crippen LogP contribution is -2.37. The smallest absolute Gasteiger partial charge is 0.293 e. The van der Waals surface area contributed by atoms with E-state index in [0.717, 1.165) is 5.56 Å². The average molecular weight is 310 g/mol. The Kier molecular flexibility index (Phi) is 4.07. The molecular weight excluding hydrogens is 288 g/mol. The van der Waals surface area contributed by atoms with E-state index in [1.54, 1.807) is 0 Å². The largest absolute Gasteiger partial charge is 0.448 e. The molecule has 120 valence electrons. The third-order valence-corrected chi connectivity index (χ3v) is 4.64. The second-order valence-electron chi connectivity index (χ2n) is 5.97. The van der Waals surface area contributed by atoms with Crippen LogP contribution in [0.25, 0.3) is 10.8 Å². The summed E-state index contributed by atoms with van der Waals surface area (Å²) in [6.45, 7) is 5.92. The van der Waals surface area contributed by atoms with Crippen LogP contribution in [0, 0.1) is 0 Å². The van der Waals surface area contributed by atoms with E-state index in [2.05, 4.69) is 40.6 Å². The number of nitrogens with one attached hydrogen (secondary N) is 1. The van der Waals surface area contributed by atoms with E-state index in [4.69, 9.17) is 4.74 Å². The van der Waals surface area contributed by atoms with Crippen molar-refractivity contribution in [3.05, 3.63) is 48.0 Å². The summed E-state index contributed by atoms with van der Waals surface area (Å²) in [7, 11) is 0. The number of nitrogens with zero attached hydrogens (tertiary/aromatic N) is 1. The third kappa shape index (κ3) is 2.81. The molecule has 0 saturated carbocycles. The van der Waals surface area contributed by atoms with Crippen molar-refractivity contribution in [2.75, 3.05) is 0 Å². The minimum Gasteiger partial charge on any atom is -0.448 e. The SMILES string of the molecule is CCC1(CC)OC(=N[C@@H](C)c2ccc3ccccc3c2)NC1=O. The number of hydrogen-bond acceptors (Lipinski definition) is 3. The maximum Gasteiger partial charge on any atom is 0.293 e. The summed E-state index contributed by atoms with van der Waals surface area (Å²) in [5, 5.41) is 5.16. The molecule has 2 aromatic rings. The molecule has 1 amide bonds. The highest BCUT2D eigenvalue weighted by atomic mass is 16.5. The standard InChI is InChI=1S/C19H22N2O2/c1-4-19(5-2)17(22)21-18(23-19)20-13(3)15-11-10-14-8-6-7-9-16(14)12-15/h6-13H,4-5H2,1-3H3,(H,20,21,22)/t13-/m0/s1. The molecule has 0 spiro atoms. The maximum absolute atomic E-state index is 12.1. The van der Waals surface area contributed by atoms with E-state index in [1.165, 1.54) is 10.8 Å². The Hall–Kier alpha value is -2.36. The van der Waals surface area contributed by atoms with E-state index >= 15 is 0 Å². The molecule has 4 heteroatoms. The number of rotatable bonds is 4. The van der Waals surface area contributed by atoms with E-state index in [9.17, 15) is 4.79 Å². The maximum atomic E-state index is 12.1. The van der Waals surface area contributed by atoms with Gasteiger partial charge in [0, 0.05) is 0 Å². The first kappa shape index (κ1) is 15.5. The first-order valence-corrected chi connectivity index (χ1v) is 8.15. The molecule has 1 aliphatic rings. The van der Waals surface area contributed by atoms with Crippen LogP contribution < -0.4 is 5.32 Å². The number of fused-ring (bicyclic) bond motifs is 1. The van der Waals surface area contributed by atoms with Crippen molar-refractivity contribution in [1.29, 1.82) is 0 Å². The lowest BCUT2D eigenvalue weighted by Gasteiger charge is -2.21. The van der Waals surface area contributed by atoms with Gasteiger partial charge in [-0.05, 0) is 42.2 Å². The molecule has 1 saturated heterocycles. The summed E-state index contributed by atoms with van der Waals surface area (Å²) in [5.74, 6) is -0.0908. The predicted octanol–water partition coefficient (Wildman–Crippen LogP) is 3.96. The minimum atomic E-state index is -0.762. The Labute approximate surface area is 136 Å². The number of carbonyl (C=O) groups excluding carboxylic acids is 1. The fraction of sp³-hybridized carbons (Fsp3) is 0.368. The summed E-state index contributed by atoms with van der Waals surface area (Å²) in [4.78, 5) is 16.7. The fourth-order valence-electron chi connectivity index (χ4n) is 2.96. The van der Waals surface area contributed by atoms with Crippen LogP contribution in [-0.4, -0.2) is 17.5 Å². The van der Waals surface area contributed by atoms with Crippen LogP contribution in [0.4, 0.5) is 0 Å². The van der Waals surface area contributed by atoms with Gasteiger partial charge in [-0.3, -0.25) is 10.1 Å². The van der Waals surface area contributed by atoms with Gasteiger partial charge in [0.25, 0.3) is 11.9 Å². The lowest BCUT2D eigenvalue weighted by atomic mass is 9.97. The van der Waals surface area contributed by atoms with Crippen molar-refractivity contribution in [1.82, 2.24) is 5.32 Å². The summed E-state index contributed by atoms with van der Waals surface area (Å²) in [6.07, 6.45) is 1.28. The first-order valence-electron chi connectivity index (χ1n) is 8.15. The number of amides is 1. The highest BCUT2D eigenvalue weighted by Gasteiger charge is 2.44. The quantitative estimate of drug-likeness (QED) is 0.929. The number of carbonyl (C=O) groups is 1. The molecule has 23 heavy (non-hydrogen) atoms. The van der Waals surface area contributed by atoms with Crippen molar-refractivity contribution in [2.45, 2.75) is 45.3 Å². The number of benzene rings is 2. The topological polar surface area (TPSA) is 50.7 Å². The molecule has 1 heterocycles. The van der Waals surface area contributed by atoms with E-state index in [1.807, 2.05) is 32.9 Å². The van der Waals surface area contributed by atoms with Crippen LogP contribution >= 0.6 is 0 Å². The molecule has 3 rings (SSSR count). The van der Waals surface area contributed by atoms with Crippen LogP contribution in [0.5, 0.6) is 0 Å². The van der Waals surface area contributed by atoms with E-state index in [-0.39, 0.29) is 11.9 Å². The van der Waals surface area contributed by atoms with Gasteiger partial charge in [-0.2, -0.15) is 0 Å². The number of aliphatic imine (C=N–C) groups is 1. The summed E-state index contributed by atoms with van der Waals surface area (Å²) < 4.78 is 5.83. The molecule has 1 fully saturated rings. The zero-order chi connectivity index (χ0) is 16.4. The van der Waals surface area contributed by atoms with Crippen molar-refractivity contribution < 1.29 is 9.53 Å². The van der Waals surface area contributed by atoms with Gasteiger partial charge in [0.15, 0.2) is 5.60 Å². The summed E-state index contributed by atoms with van der Waals surface area (Å²) >= 11 is 0. The minimum absolute atomic E-state index is 0.0839. The van der Waals surface area contributed by atoms with Gasteiger partial charge in [0.05, 0.1) is 6.04 Å². The highest BCUT2D eigenvalue weighted by molar-refractivity contribution is 6.04. The molecule has 1 N–H and O–H groups in total. The van der Waals surface area contributed by atoms with Crippen LogP contribution in [-0.2, 0) is 9.53 Å². The van der Waals surface area contributed by atoms with E-state index < -0.39 is 5.60 Å². The molecular formula is C19H22N2O2. The van der Waals surface area contributed by atoms with Crippen LogP contribution in [0.15, 0.2) is 47.5 Å². The highest BCUT2D eigenvalue weighted by Crippen LogP contribution is 2.28. The Balaban J connectivity index is 1.85. The van der Waals surface area contributed by atoms with Crippen LogP contribution in [0.1, 0.15) is 45.2 Å². The second-order valence-corrected chi connectivity index (χ2v) is 5.97. The van der Waals surface area contributed by atoms with Crippen molar-refractivity contribution in [2.24, 2.45) is 4.99 Å². The van der Waals surface area contributed by atoms with E-state index in [0.29, 0.717) is 18.9 Å². The van der Waals surface area contributed by atoms with Gasteiger partial charge >= 0.3 is 0 Å². The summed E-state index contributed by atoms with van der Waals surface area (Å²) in [5.41, 5.74) is 0.335. The molecule has 0 unspecified atom stereocenters. The molecule has 0 bridgehead atoms. The fourth-order valence-corrected chi connectivity index (χ4v) is 2.96. The molecule has 0 aliphatic carbocycles. The van der Waals surface area contributed by atoms with Gasteiger partial charge in [-0.25, -0.2) is 4.99 Å². The first-order chi connectivity index (χ1) is 11.1. The number of ether oxygens (including phenoxy) is 1. The summed E-state index contributed by atoms with van der Waals surface area (Å²) in [6, 6.07) is 14.8. The Morgan fingerprint density at radius 3 is 2.48 bits per heavy atom. The van der Waals surface area contributed by atoms with Crippen molar-refractivity contribution in [3.63, 3.8) is 0 Å². The third-order valence-electron chi connectivity index (χ3n) is 4.64. The number of hydrogen-bond donors (Lipinski definition) is 1. The zero-order valence-electron chi connectivity index (χ0n) is 13.8. The molecule has 4 nitrogen and oxygen atoms in total. The second kappa shape index (κ2) is 6.03. The Morgan fingerprint density at radius 2 is 1.83 bits per heavy atom. The lowest BCUT2D eigenvalue weighted by molar-refractivity contribution is -0.131. The van der Waals surface area contributed by atoms with Gasteiger partial charge in [-0.1, -0.05) is 50.2 Å². The molecule has 2 aromatic carbocycles. The van der Waals surface area contributed by atoms with Gasteiger partial charge < -0.3 is 4.74 Å². The zero-order valence-corrected chi connectivity index (χ0v) is 13.8. The Bertz CT molecular complexity index is 763.